The van der Waals surface area contributed by atoms with Crippen LogP contribution in [0.2, 0.25) is 0 Å². The molecule has 0 bridgehead atoms. The highest BCUT2D eigenvalue weighted by molar-refractivity contribution is 5.44. The van der Waals surface area contributed by atoms with Crippen molar-refractivity contribution in [2.45, 2.75) is 31.3 Å². The number of anilines is 2. The molecule has 110 valence electrons. The smallest absolute Gasteiger partial charge is 0.222 e. The molecule has 1 atom stereocenters. The van der Waals surface area contributed by atoms with Crippen molar-refractivity contribution in [3.63, 3.8) is 0 Å². The van der Waals surface area contributed by atoms with Gasteiger partial charge in [-0.15, -0.1) is 0 Å². The summed E-state index contributed by atoms with van der Waals surface area (Å²) in [5.41, 5.74) is 6.89. The molecule has 0 amide bonds. The van der Waals surface area contributed by atoms with Gasteiger partial charge in [-0.1, -0.05) is 0 Å². The molecule has 2 aliphatic heterocycles. The quantitative estimate of drug-likeness (QED) is 0.895. The van der Waals surface area contributed by atoms with Gasteiger partial charge in [0.05, 0.1) is 18.4 Å². The molecule has 1 unspecified atom stereocenters. The summed E-state index contributed by atoms with van der Waals surface area (Å²) in [5, 5.41) is 0. The van der Waals surface area contributed by atoms with Crippen LogP contribution in [0.5, 0.6) is 0 Å². The molecule has 2 saturated heterocycles. The van der Waals surface area contributed by atoms with E-state index in [2.05, 4.69) is 20.9 Å². The molecule has 2 aliphatic rings. The van der Waals surface area contributed by atoms with Gasteiger partial charge in [0.2, 0.25) is 5.95 Å². The van der Waals surface area contributed by atoms with Crippen molar-refractivity contribution in [1.29, 1.82) is 0 Å². The molecule has 1 aromatic rings. The van der Waals surface area contributed by atoms with E-state index < -0.39 is 0 Å². The molecule has 0 aromatic carbocycles. The third-order valence-corrected chi connectivity index (χ3v) is 4.20. The maximum atomic E-state index is 5.87. The molecule has 0 saturated carbocycles. The number of hydrogen-bond acceptors (Lipinski definition) is 6. The highest BCUT2D eigenvalue weighted by Crippen LogP contribution is 2.28. The summed E-state index contributed by atoms with van der Waals surface area (Å²) in [6.07, 6.45) is 3.44. The molecule has 3 heterocycles. The van der Waals surface area contributed by atoms with E-state index in [0.717, 1.165) is 57.1 Å². The number of piperidine rings is 1. The number of nitrogens with zero attached hydrogens (tertiary/aromatic N) is 3. The predicted molar refractivity (Wildman–Crippen MR) is 76.9 cm³/mol. The van der Waals surface area contributed by atoms with Crippen molar-refractivity contribution >= 4 is 11.8 Å². The van der Waals surface area contributed by atoms with Gasteiger partial charge >= 0.3 is 0 Å². The molecule has 1 aromatic heterocycles. The van der Waals surface area contributed by atoms with Crippen molar-refractivity contribution in [2.75, 3.05) is 44.0 Å². The first-order valence-corrected chi connectivity index (χ1v) is 7.26. The SMILES string of the molecule is COC1CCN(c2cc(C3CCOC3)nc(N)n2)CC1. The molecule has 0 radical (unpaired) electrons. The molecule has 2 N–H and O–H groups in total. The van der Waals surface area contributed by atoms with Gasteiger partial charge in [-0.2, -0.15) is 4.98 Å². The number of nitrogens with two attached hydrogens (primary N) is 1. The Kier molecular flexibility index (Phi) is 4.03. The Morgan fingerprint density at radius 1 is 1.30 bits per heavy atom. The van der Waals surface area contributed by atoms with Crippen molar-refractivity contribution in [3.05, 3.63) is 11.8 Å². The van der Waals surface area contributed by atoms with Gasteiger partial charge < -0.3 is 20.1 Å². The molecule has 6 heteroatoms. The van der Waals surface area contributed by atoms with Gasteiger partial charge in [0.15, 0.2) is 0 Å². The summed E-state index contributed by atoms with van der Waals surface area (Å²) < 4.78 is 10.8. The summed E-state index contributed by atoms with van der Waals surface area (Å²) in [7, 11) is 1.78. The zero-order valence-electron chi connectivity index (χ0n) is 11.9. The monoisotopic (exact) mass is 278 g/mol. The Balaban J connectivity index is 1.76. The number of aromatic nitrogens is 2. The lowest BCUT2D eigenvalue weighted by Crippen LogP contribution is -2.37. The van der Waals surface area contributed by atoms with Crippen LogP contribution in [0.4, 0.5) is 11.8 Å². The molecule has 3 rings (SSSR count). The average molecular weight is 278 g/mol. The van der Waals surface area contributed by atoms with E-state index in [9.17, 15) is 0 Å². The highest BCUT2D eigenvalue weighted by atomic mass is 16.5. The molecule has 6 nitrogen and oxygen atoms in total. The summed E-state index contributed by atoms with van der Waals surface area (Å²) in [5.74, 6) is 1.66. The normalized spacial score (nSPS) is 24.2. The second-order valence-electron chi connectivity index (χ2n) is 5.49. The molecular formula is C14H22N4O2. The minimum Gasteiger partial charge on any atom is -0.381 e. The Labute approximate surface area is 119 Å². The van der Waals surface area contributed by atoms with E-state index in [-0.39, 0.29) is 0 Å². The van der Waals surface area contributed by atoms with Crippen molar-refractivity contribution in [2.24, 2.45) is 0 Å². The topological polar surface area (TPSA) is 73.5 Å². The summed E-state index contributed by atoms with van der Waals surface area (Å²) in [6, 6.07) is 2.07. The van der Waals surface area contributed by atoms with E-state index in [1.807, 2.05) is 0 Å². The van der Waals surface area contributed by atoms with Crippen molar-refractivity contribution in [3.8, 4) is 0 Å². The van der Waals surface area contributed by atoms with Gasteiger partial charge in [0.1, 0.15) is 5.82 Å². The van der Waals surface area contributed by atoms with Gasteiger partial charge in [-0.3, -0.25) is 0 Å². The van der Waals surface area contributed by atoms with E-state index in [1.165, 1.54) is 0 Å². The second-order valence-corrected chi connectivity index (χ2v) is 5.49. The van der Waals surface area contributed by atoms with Gasteiger partial charge in [0, 0.05) is 38.8 Å². The standard InChI is InChI=1S/C14H22N4O2/c1-19-11-2-5-18(6-3-11)13-8-12(16-14(15)17-13)10-4-7-20-9-10/h8,10-11H,2-7,9H2,1H3,(H2,15,16,17). The fourth-order valence-electron chi connectivity index (χ4n) is 2.93. The number of ether oxygens (including phenoxy) is 2. The van der Waals surface area contributed by atoms with Crippen LogP contribution in [0.15, 0.2) is 6.07 Å². The first-order chi connectivity index (χ1) is 9.76. The fourth-order valence-corrected chi connectivity index (χ4v) is 2.93. The number of methoxy groups -OCH3 is 1. The predicted octanol–water partition coefficient (Wildman–Crippen LogP) is 1.18. The van der Waals surface area contributed by atoms with Crippen molar-refractivity contribution < 1.29 is 9.47 Å². The summed E-state index contributed by atoms with van der Waals surface area (Å²) >= 11 is 0. The Hall–Kier alpha value is -1.40. The van der Waals surface area contributed by atoms with E-state index >= 15 is 0 Å². The van der Waals surface area contributed by atoms with Crippen molar-refractivity contribution in [1.82, 2.24) is 9.97 Å². The van der Waals surface area contributed by atoms with Crippen LogP contribution in [0.25, 0.3) is 0 Å². The fraction of sp³-hybridized carbons (Fsp3) is 0.714. The van der Waals surface area contributed by atoms with Crippen LogP contribution in [0.1, 0.15) is 30.9 Å². The summed E-state index contributed by atoms with van der Waals surface area (Å²) in [6.45, 7) is 3.45. The van der Waals surface area contributed by atoms with Crippen LogP contribution in [0.3, 0.4) is 0 Å². The van der Waals surface area contributed by atoms with Gasteiger partial charge in [-0.05, 0) is 19.3 Å². The zero-order chi connectivity index (χ0) is 13.9. The summed E-state index contributed by atoms with van der Waals surface area (Å²) in [4.78, 5) is 11.0. The van der Waals surface area contributed by atoms with E-state index in [4.69, 9.17) is 15.2 Å². The number of hydrogen-bond donors (Lipinski definition) is 1. The molecule has 0 aliphatic carbocycles. The first-order valence-electron chi connectivity index (χ1n) is 7.26. The van der Waals surface area contributed by atoms with Crippen LogP contribution in [-0.2, 0) is 9.47 Å². The molecule has 20 heavy (non-hydrogen) atoms. The third kappa shape index (κ3) is 2.86. The molecule has 2 fully saturated rings. The first kappa shape index (κ1) is 13.6. The Bertz CT molecular complexity index is 454. The van der Waals surface area contributed by atoms with Crippen LogP contribution in [-0.4, -0.2) is 49.5 Å². The highest BCUT2D eigenvalue weighted by Gasteiger charge is 2.24. The second kappa shape index (κ2) is 5.93. The number of rotatable bonds is 3. The van der Waals surface area contributed by atoms with Crippen LogP contribution in [0, 0.1) is 0 Å². The van der Waals surface area contributed by atoms with Crippen LogP contribution < -0.4 is 10.6 Å². The lowest BCUT2D eigenvalue weighted by atomic mass is 10.0. The maximum absolute atomic E-state index is 5.87. The number of nitrogen functional groups attached to an aromatic ring is 1. The molecular weight excluding hydrogens is 256 g/mol. The Morgan fingerprint density at radius 3 is 2.75 bits per heavy atom. The largest absolute Gasteiger partial charge is 0.381 e. The Morgan fingerprint density at radius 2 is 2.10 bits per heavy atom. The molecule has 0 spiro atoms. The maximum Gasteiger partial charge on any atom is 0.222 e. The lowest BCUT2D eigenvalue weighted by molar-refractivity contribution is 0.0818. The zero-order valence-corrected chi connectivity index (χ0v) is 11.9. The van der Waals surface area contributed by atoms with E-state index in [0.29, 0.717) is 18.0 Å². The third-order valence-electron chi connectivity index (χ3n) is 4.20. The average Bonchev–Trinajstić information content (AvgIpc) is 3.01. The minimum atomic E-state index is 0.357. The van der Waals surface area contributed by atoms with Crippen LogP contribution >= 0.6 is 0 Å². The minimum absolute atomic E-state index is 0.357. The lowest BCUT2D eigenvalue weighted by Gasteiger charge is -2.32. The van der Waals surface area contributed by atoms with Gasteiger partial charge in [0.25, 0.3) is 0 Å². The van der Waals surface area contributed by atoms with Gasteiger partial charge in [-0.25, -0.2) is 4.98 Å². The van der Waals surface area contributed by atoms with E-state index in [1.54, 1.807) is 7.11 Å².